The van der Waals surface area contributed by atoms with Gasteiger partial charge in [0.05, 0.1) is 0 Å². The zero-order valence-corrected chi connectivity index (χ0v) is 9.95. The first-order chi connectivity index (χ1) is 7.51. The van der Waals surface area contributed by atoms with Crippen LogP contribution in [0, 0.1) is 5.92 Å². The first-order valence-corrected chi connectivity index (χ1v) is 5.67. The van der Waals surface area contributed by atoms with Gasteiger partial charge in [0.15, 0.2) is 0 Å². The molecule has 1 unspecified atom stereocenters. The van der Waals surface area contributed by atoms with Crippen LogP contribution in [0.3, 0.4) is 0 Å². The first-order valence-electron chi connectivity index (χ1n) is 5.67. The number of urea groups is 1. The molecule has 0 saturated carbocycles. The van der Waals surface area contributed by atoms with Gasteiger partial charge in [-0.25, -0.2) is 4.79 Å². The van der Waals surface area contributed by atoms with Crippen molar-refractivity contribution in [1.82, 2.24) is 10.2 Å². The van der Waals surface area contributed by atoms with Gasteiger partial charge in [-0.3, -0.25) is 19.8 Å². The van der Waals surface area contributed by atoms with Gasteiger partial charge in [0.2, 0.25) is 11.8 Å². The molecule has 0 aliphatic carbocycles. The number of rotatable bonds is 4. The highest BCUT2D eigenvalue weighted by Gasteiger charge is 2.36. The van der Waals surface area contributed by atoms with Gasteiger partial charge < -0.3 is 0 Å². The third kappa shape index (κ3) is 2.40. The number of barbiturate groups is 1. The van der Waals surface area contributed by atoms with E-state index in [1.165, 1.54) is 4.90 Å². The van der Waals surface area contributed by atoms with Crippen LogP contribution in [-0.4, -0.2) is 28.8 Å². The number of nitrogens with one attached hydrogen (secondary N) is 1. The van der Waals surface area contributed by atoms with Crippen LogP contribution in [0.5, 0.6) is 0 Å². The second-order valence-corrected chi connectivity index (χ2v) is 4.11. The Labute approximate surface area is 95.2 Å². The van der Waals surface area contributed by atoms with Crippen molar-refractivity contribution in [2.45, 2.75) is 46.1 Å². The second kappa shape index (κ2) is 5.09. The van der Waals surface area contributed by atoms with Crippen molar-refractivity contribution >= 4 is 17.8 Å². The molecule has 1 heterocycles. The van der Waals surface area contributed by atoms with Gasteiger partial charge in [0.1, 0.15) is 6.42 Å². The fourth-order valence-electron chi connectivity index (χ4n) is 2.15. The van der Waals surface area contributed by atoms with E-state index < -0.39 is 17.8 Å². The molecule has 1 aliphatic rings. The van der Waals surface area contributed by atoms with Crippen LogP contribution in [0.25, 0.3) is 0 Å². The van der Waals surface area contributed by atoms with Gasteiger partial charge in [-0.15, -0.1) is 0 Å². The molecule has 1 rings (SSSR count). The average Bonchev–Trinajstić information content (AvgIpc) is 2.17. The average molecular weight is 226 g/mol. The van der Waals surface area contributed by atoms with Crippen molar-refractivity contribution in [2.75, 3.05) is 0 Å². The summed E-state index contributed by atoms with van der Waals surface area (Å²) in [5.41, 5.74) is 0. The molecule has 0 aromatic carbocycles. The van der Waals surface area contributed by atoms with Gasteiger partial charge >= 0.3 is 6.03 Å². The summed E-state index contributed by atoms with van der Waals surface area (Å²) >= 11 is 0. The summed E-state index contributed by atoms with van der Waals surface area (Å²) in [5, 5.41) is 2.17. The quantitative estimate of drug-likeness (QED) is 0.734. The molecule has 16 heavy (non-hydrogen) atoms. The Morgan fingerprint density at radius 3 is 2.25 bits per heavy atom. The molecule has 4 amide bonds. The topological polar surface area (TPSA) is 66.5 Å². The fraction of sp³-hybridized carbons (Fsp3) is 0.727. The highest BCUT2D eigenvalue weighted by Crippen LogP contribution is 2.20. The highest BCUT2D eigenvalue weighted by molar-refractivity contribution is 6.14. The van der Waals surface area contributed by atoms with Gasteiger partial charge in [-0.2, -0.15) is 0 Å². The molecule has 1 fully saturated rings. The lowest BCUT2D eigenvalue weighted by Gasteiger charge is -2.34. The number of nitrogens with zero attached hydrogens (tertiary/aromatic N) is 1. The largest absolute Gasteiger partial charge is 0.331 e. The van der Waals surface area contributed by atoms with Crippen LogP contribution in [-0.2, 0) is 9.59 Å². The predicted molar refractivity (Wildman–Crippen MR) is 58.5 cm³/mol. The highest BCUT2D eigenvalue weighted by atomic mass is 16.2. The lowest BCUT2D eigenvalue weighted by atomic mass is 9.94. The Morgan fingerprint density at radius 2 is 1.81 bits per heavy atom. The summed E-state index contributed by atoms with van der Waals surface area (Å²) in [4.78, 5) is 35.4. The van der Waals surface area contributed by atoms with E-state index in [9.17, 15) is 14.4 Å². The number of hydrogen-bond donors (Lipinski definition) is 1. The third-order valence-corrected chi connectivity index (χ3v) is 3.18. The van der Waals surface area contributed by atoms with Gasteiger partial charge in [0.25, 0.3) is 0 Å². The molecule has 0 bridgehead atoms. The van der Waals surface area contributed by atoms with Crippen LogP contribution >= 0.6 is 0 Å². The van der Waals surface area contributed by atoms with E-state index >= 15 is 0 Å². The normalized spacial score (nSPS) is 19.0. The molecule has 0 aromatic heterocycles. The van der Waals surface area contributed by atoms with E-state index in [1.807, 2.05) is 20.8 Å². The van der Waals surface area contributed by atoms with Crippen LogP contribution in [0.2, 0.25) is 0 Å². The maximum atomic E-state index is 11.6. The molecule has 5 nitrogen and oxygen atoms in total. The molecule has 0 radical (unpaired) electrons. The summed E-state index contributed by atoms with van der Waals surface area (Å²) in [6.45, 7) is 5.91. The summed E-state index contributed by atoms with van der Waals surface area (Å²) in [5.74, 6) is -0.626. The Bertz CT molecular complexity index is 290. The Kier molecular flexibility index (Phi) is 4.04. The van der Waals surface area contributed by atoms with E-state index in [0.717, 1.165) is 12.8 Å². The van der Waals surface area contributed by atoms with Crippen LogP contribution < -0.4 is 5.32 Å². The number of imide groups is 2. The lowest BCUT2D eigenvalue weighted by molar-refractivity contribution is -0.138. The number of carbonyl (C=O) groups is 3. The molecule has 5 heteroatoms. The molecular formula is C11H18N2O3. The fourth-order valence-corrected chi connectivity index (χ4v) is 2.15. The van der Waals surface area contributed by atoms with E-state index in [4.69, 9.17) is 0 Å². The zero-order valence-electron chi connectivity index (χ0n) is 9.95. The van der Waals surface area contributed by atoms with Crippen LogP contribution in [0.1, 0.15) is 40.0 Å². The standard InChI is InChI=1S/C11H18N2O3/c1-4-8(5-2)7(3)13-10(15)6-9(14)12-11(13)16/h7-8H,4-6H2,1-3H3,(H,12,14,16). The second-order valence-electron chi connectivity index (χ2n) is 4.11. The van der Waals surface area contributed by atoms with E-state index in [-0.39, 0.29) is 18.4 Å². The van der Waals surface area contributed by atoms with Crippen molar-refractivity contribution in [3.8, 4) is 0 Å². The van der Waals surface area contributed by atoms with Crippen molar-refractivity contribution in [3.63, 3.8) is 0 Å². The number of carbonyl (C=O) groups excluding carboxylic acids is 3. The van der Waals surface area contributed by atoms with E-state index in [0.29, 0.717) is 0 Å². The summed E-state index contributed by atoms with van der Waals surface area (Å²) in [7, 11) is 0. The predicted octanol–water partition coefficient (Wildman–Crippen LogP) is 1.28. The number of hydrogen-bond acceptors (Lipinski definition) is 3. The Morgan fingerprint density at radius 1 is 1.25 bits per heavy atom. The van der Waals surface area contributed by atoms with Crippen LogP contribution in [0.4, 0.5) is 4.79 Å². The van der Waals surface area contributed by atoms with Gasteiger partial charge in [-0.1, -0.05) is 26.7 Å². The maximum absolute atomic E-state index is 11.6. The molecular weight excluding hydrogens is 208 g/mol. The summed E-state index contributed by atoms with van der Waals surface area (Å²) in [6, 6.07) is -0.740. The minimum atomic E-state index is -0.583. The minimum absolute atomic E-state index is 0.157. The van der Waals surface area contributed by atoms with Gasteiger partial charge in [-0.05, 0) is 12.8 Å². The van der Waals surface area contributed by atoms with E-state index in [2.05, 4.69) is 5.32 Å². The zero-order chi connectivity index (χ0) is 12.3. The molecule has 1 N–H and O–H groups in total. The van der Waals surface area contributed by atoms with Crippen molar-refractivity contribution in [1.29, 1.82) is 0 Å². The van der Waals surface area contributed by atoms with E-state index in [1.54, 1.807) is 0 Å². The molecule has 1 saturated heterocycles. The van der Waals surface area contributed by atoms with Crippen molar-refractivity contribution in [3.05, 3.63) is 0 Å². The Balaban J connectivity index is 2.81. The smallest absolute Gasteiger partial charge is 0.277 e. The minimum Gasteiger partial charge on any atom is -0.277 e. The molecule has 1 aliphatic heterocycles. The van der Waals surface area contributed by atoms with Crippen molar-refractivity contribution < 1.29 is 14.4 Å². The molecule has 90 valence electrons. The first kappa shape index (κ1) is 12.7. The summed E-state index contributed by atoms with van der Waals surface area (Å²) in [6.07, 6.45) is 1.58. The van der Waals surface area contributed by atoms with Crippen molar-refractivity contribution in [2.24, 2.45) is 5.92 Å². The van der Waals surface area contributed by atoms with Crippen LogP contribution in [0.15, 0.2) is 0 Å². The molecule has 0 aromatic rings. The van der Waals surface area contributed by atoms with Gasteiger partial charge in [0, 0.05) is 6.04 Å². The number of amides is 4. The SMILES string of the molecule is CCC(CC)C(C)N1C(=O)CC(=O)NC1=O. The molecule has 1 atom stereocenters. The monoisotopic (exact) mass is 226 g/mol. The Hall–Kier alpha value is -1.39. The summed E-state index contributed by atoms with van der Waals surface area (Å²) < 4.78 is 0. The third-order valence-electron chi connectivity index (χ3n) is 3.18. The molecule has 0 spiro atoms. The lowest BCUT2D eigenvalue weighted by Crippen LogP contribution is -2.57. The maximum Gasteiger partial charge on any atom is 0.331 e.